The molecule has 0 aliphatic heterocycles. The van der Waals surface area contributed by atoms with E-state index in [-0.39, 0.29) is 5.31 Å². The fraction of sp³-hybridized carbons (Fsp3) is 1.00. The average Bonchev–Trinajstić information content (AvgIpc) is 1.59. The maximum Gasteiger partial charge on any atom is 0.0738 e. The van der Waals surface area contributed by atoms with Gasteiger partial charge in [0.1, 0.15) is 0 Å². The van der Waals surface area contributed by atoms with E-state index >= 15 is 0 Å². The molecular weight excluding hydrogens is 118 g/mol. The molecule has 0 nitrogen and oxygen atoms in total. The first-order chi connectivity index (χ1) is 3.56. The molecule has 0 aromatic heterocycles. The summed E-state index contributed by atoms with van der Waals surface area (Å²) in [7, 11) is 5.66. The molecule has 0 saturated heterocycles. The van der Waals surface area contributed by atoms with Crippen molar-refractivity contribution in [2.45, 2.75) is 32.0 Å². The van der Waals surface area contributed by atoms with Crippen molar-refractivity contribution < 1.29 is 0 Å². The van der Waals surface area contributed by atoms with Gasteiger partial charge in [0, 0.05) is 5.88 Å². The third-order valence-electron chi connectivity index (χ3n) is 0.955. The Hall–Kier alpha value is 0.355. The van der Waals surface area contributed by atoms with Gasteiger partial charge in [-0.25, -0.2) is 0 Å². The van der Waals surface area contributed by atoms with E-state index in [4.69, 9.17) is 19.4 Å². The number of hydrogen-bond acceptors (Lipinski definition) is 0. The van der Waals surface area contributed by atoms with Gasteiger partial charge < -0.3 is 0 Å². The van der Waals surface area contributed by atoms with Gasteiger partial charge in [-0.15, -0.1) is 11.6 Å². The van der Waals surface area contributed by atoms with E-state index in [0.717, 1.165) is 18.7 Å². The zero-order valence-corrected chi connectivity index (χ0v) is 6.33. The summed E-state index contributed by atoms with van der Waals surface area (Å²) in [6.45, 7) is 4.03. The van der Waals surface area contributed by atoms with Crippen LogP contribution in [0.25, 0.3) is 0 Å². The monoisotopic (exact) mass is 130 g/mol. The van der Waals surface area contributed by atoms with Gasteiger partial charge in [-0.3, -0.25) is 0 Å². The molecule has 2 radical (unpaired) electrons. The predicted molar refractivity (Wildman–Crippen MR) is 39.7 cm³/mol. The van der Waals surface area contributed by atoms with Crippen LogP contribution in [-0.4, -0.2) is 13.7 Å². The van der Waals surface area contributed by atoms with Crippen LogP contribution >= 0.6 is 11.6 Å². The van der Waals surface area contributed by atoms with Crippen molar-refractivity contribution in [1.29, 1.82) is 0 Å². The molecule has 0 atom stereocenters. The molecule has 0 rings (SSSR count). The Labute approximate surface area is 58.0 Å². The van der Waals surface area contributed by atoms with Crippen molar-refractivity contribution in [2.24, 2.45) is 0 Å². The fourth-order valence-corrected chi connectivity index (χ4v) is 0.656. The number of alkyl halides is 1. The van der Waals surface area contributed by atoms with E-state index in [0.29, 0.717) is 0 Å². The SMILES string of the molecule is [B]C(C)(C)CCCCl. The van der Waals surface area contributed by atoms with E-state index in [1.165, 1.54) is 0 Å². The molecule has 0 heterocycles. The van der Waals surface area contributed by atoms with Crippen LogP contribution in [0.2, 0.25) is 5.31 Å². The van der Waals surface area contributed by atoms with Gasteiger partial charge in [-0.05, 0) is 6.42 Å². The van der Waals surface area contributed by atoms with Crippen molar-refractivity contribution >= 4 is 19.4 Å². The zero-order valence-electron chi connectivity index (χ0n) is 5.58. The van der Waals surface area contributed by atoms with Crippen LogP contribution in [0, 0.1) is 0 Å². The molecular formula is C6H12BCl. The van der Waals surface area contributed by atoms with Gasteiger partial charge in [0.05, 0.1) is 7.85 Å². The van der Waals surface area contributed by atoms with Gasteiger partial charge >= 0.3 is 0 Å². The molecule has 0 unspecified atom stereocenters. The first kappa shape index (κ1) is 8.35. The zero-order chi connectivity index (χ0) is 6.62. The second-order valence-corrected chi connectivity index (χ2v) is 3.16. The molecule has 0 bridgehead atoms. The highest BCUT2D eigenvalue weighted by Crippen LogP contribution is 2.24. The summed E-state index contributed by atoms with van der Waals surface area (Å²) in [4.78, 5) is 0. The van der Waals surface area contributed by atoms with Gasteiger partial charge in [0.25, 0.3) is 0 Å². The van der Waals surface area contributed by atoms with Crippen molar-refractivity contribution in [3.63, 3.8) is 0 Å². The topological polar surface area (TPSA) is 0 Å². The molecule has 46 valence electrons. The third kappa shape index (κ3) is 6.35. The van der Waals surface area contributed by atoms with Crippen LogP contribution < -0.4 is 0 Å². The van der Waals surface area contributed by atoms with E-state index in [1.807, 2.05) is 13.8 Å². The summed E-state index contributed by atoms with van der Waals surface area (Å²) in [5, 5.41) is -0.0328. The lowest BCUT2D eigenvalue weighted by atomic mass is 9.70. The maximum absolute atomic E-state index is 5.66. The molecule has 0 saturated carbocycles. The minimum absolute atomic E-state index is 0.0328. The van der Waals surface area contributed by atoms with Crippen LogP contribution in [0.3, 0.4) is 0 Å². The number of hydrogen-bond donors (Lipinski definition) is 0. The van der Waals surface area contributed by atoms with Crippen molar-refractivity contribution in [3.8, 4) is 0 Å². The average molecular weight is 130 g/mol. The summed E-state index contributed by atoms with van der Waals surface area (Å²) in [5.41, 5.74) is 0. The van der Waals surface area contributed by atoms with Crippen LogP contribution in [0.5, 0.6) is 0 Å². The number of halogens is 1. The smallest absolute Gasteiger partial charge is 0.0738 e. The van der Waals surface area contributed by atoms with Gasteiger partial charge in [-0.1, -0.05) is 25.6 Å². The van der Waals surface area contributed by atoms with Gasteiger partial charge in [-0.2, -0.15) is 0 Å². The van der Waals surface area contributed by atoms with Crippen LogP contribution in [-0.2, 0) is 0 Å². The molecule has 0 fully saturated rings. The summed E-state index contributed by atoms with van der Waals surface area (Å²) >= 11 is 5.45. The highest BCUT2D eigenvalue weighted by molar-refractivity contribution is 6.18. The van der Waals surface area contributed by atoms with Crippen molar-refractivity contribution in [1.82, 2.24) is 0 Å². The largest absolute Gasteiger partial charge is 0.127 e. The Kier molecular flexibility index (Phi) is 3.54. The summed E-state index contributed by atoms with van der Waals surface area (Å²) in [6, 6.07) is 0. The van der Waals surface area contributed by atoms with E-state index in [9.17, 15) is 0 Å². The lowest BCUT2D eigenvalue weighted by Crippen LogP contribution is -2.01. The van der Waals surface area contributed by atoms with E-state index in [2.05, 4.69) is 0 Å². The predicted octanol–water partition coefficient (Wildman–Crippen LogP) is 2.37. The molecule has 8 heavy (non-hydrogen) atoms. The van der Waals surface area contributed by atoms with Crippen LogP contribution in [0.4, 0.5) is 0 Å². The Bertz CT molecular complexity index is 56.0. The Morgan fingerprint density at radius 2 is 2.00 bits per heavy atom. The molecule has 0 N–H and O–H groups in total. The first-order valence-electron chi connectivity index (χ1n) is 2.91. The Balaban J connectivity index is 3.11. The van der Waals surface area contributed by atoms with E-state index in [1.54, 1.807) is 0 Å². The lowest BCUT2D eigenvalue weighted by molar-refractivity contribution is 0.603. The molecule has 0 aromatic rings. The van der Waals surface area contributed by atoms with Gasteiger partial charge in [0.15, 0.2) is 0 Å². The molecule has 0 aliphatic carbocycles. The molecule has 0 aromatic carbocycles. The molecule has 2 heteroatoms. The van der Waals surface area contributed by atoms with Crippen LogP contribution in [0.15, 0.2) is 0 Å². The third-order valence-corrected chi connectivity index (χ3v) is 1.22. The second kappa shape index (κ2) is 3.39. The standard InChI is InChI=1S/C6H12BCl/c1-6(2,7)4-3-5-8/h3-5H2,1-2H3. The molecule has 0 amide bonds. The minimum atomic E-state index is -0.0328. The Morgan fingerprint density at radius 1 is 1.50 bits per heavy atom. The lowest BCUT2D eigenvalue weighted by Gasteiger charge is -2.16. The van der Waals surface area contributed by atoms with Gasteiger partial charge in [0.2, 0.25) is 0 Å². The maximum atomic E-state index is 5.66. The molecule has 0 spiro atoms. The second-order valence-electron chi connectivity index (χ2n) is 2.78. The summed E-state index contributed by atoms with van der Waals surface area (Å²) in [5.74, 6) is 0.723. The fourth-order valence-electron chi connectivity index (χ4n) is 0.522. The summed E-state index contributed by atoms with van der Waals surface area (Å²) < 4.78 is 0. The normalized spacial score (nSPS) is 11.9. The highest BCUT2D eigenvalue weighted by atomic mass is 35.5. The Morgan fingerprint density at radius 3 is 2.12 bits per heavy atom. The minimum Gasteiger partial charge on any atom is -0.127 e. The number of rotatable bonds is 3. The van der Waals surface area contributed by atoms with Crippen molar-refractivity contribution in [2.75, 3.05) is 5.88 Å². The summed E-state index contributed by atoms with van der Waals surface area (Å²) in [6.07, 6.45) is 2.03. The first-order valence-corrected chi connectivity index (χ1v) is 3.44. The quantitative estimate of drug-likeness (QED) is 0.406. The highest BCUT2D eigenvalue weighted by Gasteiger charge is 2.07. The van der Waals surface area contributed by atoms with Crippen molar-refractivity contribution in [3.05, 3.63) is 0 Å². The van der Waals surface area contributed by atoms with Crippen LogP contribution in [0.1, 0.15) is 26.7 Å². The van der Waals surface area contributed by atoms with E-state index < -0.39 is 0 Å². The molecule has 0 aliphatic rings.